The van der Waals surface area contributed by atoms with Crippen molar-refractivity contribution in [1.82, 2.24) is 0 Å². The maximum atomic E-state index is 14.5. The van der Waals surface area contributed by atoms with Crippen LogP contribution in [-0.2, 0) is 4.57 Å². The molecule has 0 fully saturated rings. The maximum absolute atomic E-state index is 14.5. The molecule has 1 atom stereocenters. The maximum Gasteiger partial charge on any atom is 0.232 e. The molecular weight excluding hydrogens is 455 g/mol. The van der Waals surface area contributed by atoms with Gasteiger partial charge < -0.3 is 23.5 Å². The number of hydrogen-bond donors (Lipinski definition) is 0. The fraction of sp³-hybridized carbons (Fsp3) is 0.462. The number of hydrogen-bond acceptors (Lipinski definition) is 7. The Morgan fingerprint density at radius 3 is 1.53 bits per heavy atom. The van der Waals surface area contributed by atoms with Crippen LogP contribution in [0.15, 0.2) is 36.4 Å². The molecular formula is C26H35O7P. The first-order valence-corrected chi connectivity index (χ1v) is 12.9. The first kappa shape index (κ1) is 27.5. The van der Waals surface area contributed by atoms with E-state index in [-0.39, 0.29) is 40.1 Å². The summed E-state index contributed by atoms with van der Waals surface area (Å²) in [6.07, 6.45) is 0.628. The molecule has 0 spiro atoms. The van der Waals surface area contributed by atoms with Gasteiger partial charge in [-0.15, -0.1) is 0 Å². The van der Waals surface area contributed by atoms with Crippen molar-refractivity contribution in [2.45, 2.75) is 34.1 Å². The van der Waals surface area contributed by atoms with E-state index in [0.717, 1.165) is 0 Å². The van der Waals surface area contributed by atoms with Crippen LogP contribution in [0.25, 0.3) is 0 Å². The van der Waals surface area contributed by atoms with Gasteiger partial charge in [0, 0.05) is 18.3 Å². The van der Waals surface area contributed by atoms with Gasteiger partial charge in [-0.05, 0) is 42.0 Å². The van der Waals surface area contributed by atoms with Crippen LogP contribution in [0.5, 0.6) is 23.0 Å². The van der Waals surface area contributed by atoms with Crippen molar-refractivity contribution in [3.05, 3.63) is 47.5 Å². The Kier molecular flexibility index (Phi) is 8.96. The Morgan fingerprint density at radius 1 is 0.794 bits per heavy atom. The second-order valence-electron chi connectivity index (χ2n) is 9.53. The molecule has 0 saturated carbocycles. The molecule has 34 heavy (non-hydrogen) atoms. The fourth-order valence-corrected chi connectivity index (χ4v) is 6.82. The summed E-state index contributed by atoms with van der Waals surface area (Å²) in [6, 6.07) is 9.21. The molecule has 0 aliphatic rings. The topological polar surface area (TPSA) is 88.1 Å². The molecule has 0 amide bonds. The van der Waals surface area contributed by atoms with Gasteiger partial charge in [0.15, 0.2) is 0 Å². The van der Waals surface area contributed by atoms with Crippen LogP contribution in [0.4, 0.5) is 0 Å². The van der Waals surface area contributed by atoms with E-state index in [4.69, 9.17) is 18.9 Å². The normalized spacial score (nSPS) is 12.6. The third-order valence-corrected chi connectivity index (χ3v) is 8.40. The first-order valence-electron chi connectivity index (χ1n) is 11.0. The number of ether oxygens (including phenoxy) is 4. The number of benzene rings is 2. The summed E-state index contributed by atoms with van der Waals surface area (Å²) >= 11 is 0. The zero-order chi connectivity index (χ0) is 25.7. The minimum Gasteiger partial charge on any atom is -0.497 e. The lowest BCUT2D eigenvalue weighted by atomic mass is 9.86. The monoisotopic (exact) mass is 490 g/mol. The molecule has 1 unspecified atom stereocenters. The van der Waals surface area contributed by atoms with E-state index in [0.29, 0.717) is 17.9 Å². The van der Waals surface area contributed by atoms with Crippen LogP contribution >= 0.6 is 7.14 Å². The van der Waals surface area contributed by atoms with Gasteiger partial charge in [0.2, 0.25) is 18.2 Å². The van der Waals surface area contributed by atoms with E-state index in [1.165, 1.54) is 52.7 Å². The van der Waals surface area contributed by atoms with E-state index in [2.05, 4.69) is 20.8 Å². The molecule has 8 heteroatoms. The summed E-state index contributed by atoms with van der Waals surface area (Å²) in [7, 11) is 1.67. The van der Waals surface area contributed by atoms with E-state index in [1.807, 2.05) is 6.92 Å². The van der Waals surface area contributed by atoms with Gasteiger partial charge in [-0.2, -0.15) is 0 Å². The first-order chi connectivity index (χ1) is 15.9. The van der Waals surface area contributed by atoms with Crippen LogP contribution in [0.1, 0.15) is 54.8 Å². The molecule has 2 rings (SSSR count). The van der Waals surface area contributed by atoms with Crippen molar-refractivity contribution in [1.29, 1.82) is 0 Å². The lowest BCUT2D eigenvalue weighted by molar-refractivity contribution is 0.103. The van der Waals surface area contributed by atoms with Crippen LogP contribution in [0.3, 0.4) is 0 Å². The molecule has 2 aromatic rings. The van der Waals surface area contributed by atoms with E-state index in [1.54, 1.807) is 12.1 Å². The zero-order valence-corrected chi connectivity index (χ0v) is 22.2. The van der Waals surface area contributed by atoms with Crippen LogP contribution in [0, 0.1) is 11.3 Å². The highest BCUT2D eigenvalue weighted by Crippen LogP contribution is 2.56. The Balaban J connectivity index is 2.65. The molecule has 2 aromatic carbocycles. The van der Waals surface area contributed by atoms with Crippen LogP contribution in [0.2, 0.25) is 0 Å². The molecule has 0 aliphatic carbocycles. The lowest BCUT2D eigenvalue weighted by Gasteiger charge is -2.26. The van der Waals surface area contributed by atoms with Gasteiger partial charge in [-0.25, -0.2) is 0 Å². The highest BCUT2D eigenvalue weighted by atomic mass is 31.2. The molecule has 0 radical (unpaired) electrons. The predicted octanol–water partition coefficient (Wildman–Crippen LogP) is 6.14. The fourth-order valence-electron chi connectivity index (χ4n) is 4.15. The predicted molar refractivity (Wildman–Crippen MR) is 133 cm³/mol. The molecule has 186 valence electrons. The van der Waals surface area contributed by atoms with Crippen LogP contribution in [-0.4, -0.2) is 45.6 Å². The largest absolute Gasteiger partial charge is 0.497 e. The number of carbonyl (C=O) groups is 2. The molecule has 7 nitrogen and oxygen atoms in total. The van der Waals surface area contributed by atoms with Gasteiger partial charge in [-0.3, -0.25) is 9.59 Å². The Bertz CT molecular complexity index is 1010. The summed E-state index contributed by atoms with van der Waals surface area (Å²) in [4.78, 5) is 27.6. The second-order valence-corrected chi connectivity index (χ2v) is 12.2. The standard InChI is InChI=1S/C26H35O7P/c1-17(15-26(2,3)4)16-34(29,24(27)20-11-9-18(30-5)13-22(20)32-7)25(28)21-12-10-19(31-6)14-23(21)33-8/h9-14,17H,15-16H2,1-8H3. The van der Waals surface area contributed by atoms with Crippen molar-refractivity contribution in [2.75, 3.05) is 34.6 Å². The third-order valence-electron chi connectivity index (χ3n) is 5.46. The average Bonchev–Trinajstić information content (AvgIpc) is 2.80. The van der Waals surface area contributed by atoms with E-state index >= 15 is 0 Å². The van der Waals surface area contributed by atoms with Crippen molar-refractivity contribution < 1.29 is 33.1 Å². The SMILES string of the molecule is COc1ccc(C(=O)P(=O)(CC(C)CC(C)(C)C)C(=O)c2ccc(OC)cc2OC)c(OC)c1. The zero-order valence-electron chi connectivity index (χ0n) is 21.3. The summed E-state index contributed by atoms with van der Waals surface area (Å²) in [6.45, 7) is 8.11. The highest BCUT2D eigenvalue weighted by Gasteiger charge is 2.44. The van der Waals surface area contributed by atoms with Crippen molar-refractivity contribution >= 4 is 18.2 Å². The van der Waals surface area contributed by atoms with Gasteiger partial charge in [0.1, 0.15) is 23.0 Å². The summed E-state index contributed by atoms with van der Waals surface area (Å²) in [5, 5.41) is 0. The molecule has 0 aliphatic heterocycles. The lowest BCUT2D eigenvalue weighted by Crippen LogP contribution is -2.21. The average molecular weight is 491 g/mol. The molecule has 0 saturated heterocycles. The minimum absolute atomic E-state index is 0.0632. The summed E-state index contributed by atoms with van der Waals surface area (Å²) in [5.41, 5.74) is -1.39. The highest BCUT2D eigenvalue weighted by molar-refractivity contribution is 7.95. The summed E-state index contributed by atoms with van der Waals surface area (Å²) in [5.74, 6) is 1.21. The van der Waals surface area contributed by atoms with Crippen molar-refractivity contribution in [3.63, 3.8) is 0 Å². The minimum atomic E-state index is -4.13. The van der Waals surface area contributed by atoms with Crippen molar-refractivity contribution in [3.8, 4) is 23.0 Å². The summed E-state index contributed by atoms with van der Waals surface area (Å²) < 4.78 is 35.7. The van der Waals surface area contributed by atoms with Gasteiger partial charge in [0.25, 0.3) is 0 Å². The number of carbonyl (C=O) groups excluding carboxylic acids is 2. The van der Waals surface area contributed by atoms with Gasteiger partial charge in [-0.1, -0.05) is 27.7 Å². The Labute approximate surface area is 202 Å². The van der Waals surface area contributed by atoms with E-state index < -0.39 is 18.2 Å². The Hall–Kier alpha value is -2.79. The molecule has 0 bridgehead atoms. The quantitative estimate of drug-likeness (QED) is 0.350. The van der Waals surface area contributed by atoms with Gasteiger partial charge >= 0.3 is 0 Å². The second kappa shape index (κ2) is 11.1. The van der Waals surface area contributed by atoms with Crippen molar-refractivity contribution in [2.24, 2.45) is 11.3 Å². The smallest absolute Gasteiger partial charge is 0.232 e. The van der Waals surface area contributed by atoms with Gasteiger partial charge in [0.05, 0.1) is 39.6 Å². The Morgan fingerprint density at radius 2 is 1.21 bits per heavy atom. The molecule has 0 aromatic heterocycles. The van der Waals surface area contributed by atoms with E-state index in [9.17, 15) is 14.2 Å². The molecule has 0 heterocycles. The molecule has 0 N–H and O–H groups in total. The number of methoxy groups -OCH3 is 4. The third kappa shape index (κ3) is 6.20. The number of rotatable bonds is 11. The van der Waals surface area contributed by atoms with Crippen LogP contribution < -0.4 is 18.9 Å².